The maximum absolute atomic E-state index is 12.3. The summed E-state index contributed by atoms with van der Waals surface area (Å²) < 4.78 is 15.4. The van der Waals surface area contributed by atoms with Crippen LogP contribution in [0.15, 0.2) is 30.3 Å². The third-order valence-electron chi connectivity index (χ3n) is 5.81. The summed E-state index contributed by atoms with van der Waals surface area (Å²) in [6.45, 7) is 1.47. The van der Waals surface area contributed by atoms with Crippen molar-refractivity contribution in [3.63, 3.8) is 0 Å². The van der Waals surface area contributed by atoms with Gasteiger partial charge in [-0.25, -0.2) is 4.79 Å². The summed E-state index contributed by atoms with van der Waals surface area (Å²) in [7, 11) is 1.37. The van der Waals surface area contributed by atoms with Crippen molar-refractivity contribution in [3.8, 4) is 0 Å². The van der Waals surface area contributed by atoms with Gasteiger partial charge in [0.1, 0.15) is 19.0 Å². The van der Waals surface area contributed by atoms with Crippen molar-refractivity contribution in [2.24, 2.45) is 11.8 Å². The summed E-state index contributed by atoms with van der Waals surface area (Å²) in [6.07, 6.45) is 4.61. The molecule has 1 aliphatic rings. The first kappa shape index (κ1) is 25.4. The second kappa shape index (κ2) is 13.5. The molecule has 1 N–H and O–H groups in total. The lowest BCUT2D eigenvalue weighted by Crippen LogP contribution is -2.39. The molecule has 1 aromatic carbocycles. The molecule has 0 heterocycles. The van der Waals surface area contributed by atoms with E-state index in [1.165, 1.54) is 14.0 Å². The predicted octanol–water partition coefficient (Wildman–Crippen LogP) is 3.56. The summed E-state index contributed by atoms with van der Waals surface area (Å²) in [5, 5.41) is 2.78. The molecule has 8 nitrogen and oxygen atoms in total. The van der Waals surface area contributed by atoms with Crippen molar-refractivity contribution in [1.82, 2.24) is 5.32 Å². The number of methoxy groups -OCH3 is 1. The van der Waals surface area contributed by atoms with Gasteiger partial charge in [0.05, 0.1) is 7.11 Å². The Balaban J connectivity index is 1.87. The summed E-state index contributed by atoms with van der Waals surface area (Å²) in [4.78, 5) is 46.9. The van der Waals surface area contributed by atoms with E-state index in [1.807, 2.05) is 30.3 Å². The van der Waals surface area contributed by atoms with Crippen molar-refractivity contribution in [2.45, 2.75) is 70.6 Å². The van der Waals surface area contributed by atoms with Gasteiger partial charge in [0.2, 0.25) is 0 Å². The van der Waals surface area contributed by atoms with E-state index in [1.54, 1.807) is 0 Å². The third-order valence-corrected chi connectivity index (χ3v) is 5.81. The number of benzene rings is 1. The highest BCUT2D eigenvalue weighted by atomic mass is 16.6. The minimum Gasteiger partial charge on any atom is -0.469 e. The number of carbonyl (C=O) groups is 4. The molecule has 0 saturated heterocycles. The third kappa shape index (κ3) is 8.32. The number of hydrogen-bond donors (Lipinski definition) is 1. The van der Waals surface area contributed by atoms with E-state index < -0.39 is 30.1 Å². The highest BCUT2D eigenvalue weighted by molar-refractivity contribution is 5.70. The lowest BCUT2D eigenvalue weighted by molar-refractivity contribution is -0.149. The maximum atomic E-state index is 12.3. The van der Waals surface area contributed by atoms with Crippen molar-refractivity contribution in [1.29, 1.82) is 0 Å². The van der Waals surface area contributed by atoms with Crippen LogP contribution < -0.4 is 5.32 Å². The Labute approximate surface area is 189 Å². The summed E-state index contributed by atoms with van der Waals surface area (Å²) >= 11 is 0. The Morgan fingerprint density at radius 1 is 1.09 bits per heavy atom. The Hall–Kier alpha value is -2.90. The minimum absolute atomic E-state index is 0.132. The summed E-state index contributed by atoms with van der Waals surface area (Å²) in [5.41, 5.74) is 0.865. The van der Waals surface area contributed by atoms with Gasteiger partial charge in [0, 0.05) is 37.6 Å². The smallest absolute Gasteiger partial charge is 0.407 e. The van der Waals surface area contributed by atoms with Crippen LogP contribution in [0.2, 0.25) is 0 Å². The molecular formula is C24H33NO7. The normalized spacial score (nSPS) is 22.1. The molecule has 2 rings (SSSR count). The molecular weight excluding hydrogens is 414 g/mol. The molecule has 0 aromatic heterocycles. The zero-order chi connectivity index (χ0) is 23.3. The summed E-state index contributed by atoms with van der Waals surface area (Å²) in [6, 6.07) is 8.86. The monoisotopic (exact) mass is 447 g/mol. The number of ether oxygens (including phenoxy) is 3. The standard InChI is InChI=1S/C24H33NO7/c1-17(27)32-22-14-21(25-24(29)31-16-18-10-6-5-7-11-18)20(15-26)19(22)12-8-3-4-9-13-23(28)30-2/h5-7,10-11,15,19-22H,3-4,8-9,12-14,16H2,1-2H3,(H,25,29)/t19?,20-,21-,22+/m1/s1. The van der Waals surface area contributed by atoms with Crippen LogP contribution in [-0.2, 0) is 35.2 Å². The van der Waals surface area contributed by atoms with Gasteiger partial charge in [0.25, 0.3) is 0 Å². The van der Waals surface area contributed by atoms with Crippen LogP contribution in [0, 0.1) is 11.8 Å². The van der Waals surface area contributed by atoms with Crippen LogP contribution in [-0.4, -0.2) is 43.6 Å². The fraction of sp³-hybridized carbons (Fsp3) is 0.583. The van der Waals surface area contributed by atoms with E-state index in [2.05, 4.69) is 10.1 Å². The first-order chi connectivity index (χ1) is 15.4. The molecule has 4 atom stereocenters. The first-order valence-electron chi connectivity index (χ1n) is 11.1. The molecule has 0 spiro atoms. The van der Waals surface area contributed by atoms with E-state index in [9.17, 15) is 19.2 Å². The maximum Gasteiger partial charge on any atom is 0.407 e. The van der Waals surface area contributed by atoms with Crippen LogP contribution >= 0.6 is 0 Å². The van der Waals surface area contributed by atoms with Gasteiger partial charge >= 0.3 is 18.0 Å². The predicted molar refractivity (Wildman–Crippen MR) is 116 cm³/mol. The minimum atomic E-state index is -0.601. The quantitative estimate of drug-likeness (QED) is 0.226. The van der Waals surface area contributed by atoms with Gasteiger partial charge in [-0.3, -0.25) is 9.59 Å². The van der Waals surface area contributed by atoms with Gasteiger partial charge in [-0.15, -0.1) is 0 Å². The number of esters is 2. The van der Waals surface area contributed by atoms with Crippen LogP contribution in [0.4, 0.5) is 4.79 Å². The van der Waals surface area contributed by atoms with Crippen molar-refractivity contribution in [2.75, 3.05) is 7.11 Å². The van der Waals surface area contributed by atoms with E-state index in [0.29, 0.717) is 19.3 Å². The second-order valence-electron chi connectivity index (χ2n) is 8.10. The Morgan fingerprint density at radius 2 is 1.81 bits per heavy atom. The van der Waals surface area contributed by atoms with Gasteiger partial charge < -0.3 is 24.3 Å². The Morgan fingerprint density at radius 3 is 2.47 bits per heavy atom. The molecule has 8 heteroatoms. The zero-order valence-corrected chi connectivity index (χ0v) is 18.8. The molecule has 1 fully saturated rings. The second-order valence-corrected chi connectivity index (χ2v) is 8.10. The van der Waals surface area contributed by atoms with Crippen LogP contribution in [0.5, 0.6) is 0 Å². The van der Waals surface area contributed by atoms with Crippen LogP contribution in [0.25, 0.3) is 0 Å². The molecule has 0 aliphatic heterocycles. The molecule has 0 radical (unpaired) electrons. The number of unbranched alkanes of at least 4 members (excludes halogenated alkanes) is 3. The van der Waals surface area contributed by atoms with Crippen LogP contribution in [0.3, 0.4) is 0 Å². The SMILES string of the molecule is COC(=O)CCCCCCC1[C@@H](OC(C)=O)C[C@@H](NC(=O)OCc2ccccc2)[C@@H]1C=O. The largest absolute Gasteiger partial charge is 0.469 e. The Bertz CT molecular complexity index is 752. The first-order valence-corrected chi connectivity index (χ1v) is 11.1. The lowest BCUT2D eigenvalue weighted by atomic mass is 9.89. The van der Waals surface area contributed by atoms with Crippen molar-refractivity contribution in [3.05, 3.63) is 35.9 Å². The number of aldehydes is 1. The molecule has 1 saturated carbocycles. The fourth-order valence-electron chi connectivity index (χ4n) is 4.23. The average Bonchev–Trinajstić information content (AvgIpc) is 3.09. The van der Waals surface area contributed by atoms with Gasteiger partial charge in [0.15, 0.2) is 0 Å². The number of alkyl carbamates (subject to hydrolysis) is 1. The number of hydrogen-bond acceptors (Lipinski definition) is 7. The number of carbonyl (C=O) groups excluding carboxylic acids is 4. The van der Waals surface area contributed by atoms with E-state index >= 15 is 0 Å². The van der Waals surface area contributed by atoms with Crippen molar-refractivity contribution < 1.29 is 33.4 Å². The van der Waals surface area contributed by atoms with E-state index in [-0.39, 0.29) is 18.5 Å². The molecule has 176 valence electrons. The number of rotatable bonds is 12. The molecule has 1 aromatic rings. The van der Waals surface area contributed by atoms with E-state index in [4.69, 9.17) is 9.47 Å². The Kier molecular flexibility index (Phi) is 10.7. The molecule has 1 aliphatic carbocycles. The topological polar surface area (TPSA) is 108 Å². The van der Waals surface area contributed by atoms with Gasteiger partial charge in [-0.1, -0.05) is 49.6 Å². The van der Waals surface area contributed by atoms with Gasteiger partial charge in [-0.2, -0.15) is 0 Å². The van der Waals surface area contributed by atoms with Crippen molar-refractivity contribution >= 4 is 24.3 Å². The van der Waals surface area contributed by atoms with Crippen LogP contribution in [0.1, 0.15) is 57.4 Å². The lowest BCUT2D eigenvalue weighted by Gasteiger charge is -2.22. The highest BCUT2D eigenvalue weighted by Crippen LogP contribution is 2.37. The average molecular weight is 448 g/mol. The molecule has 1 amide bonds. The van der Waals surface area contributed by atoms with E-state index in [0.717, 1.165) is 37.5 Å². The molecule has 1 unspecified atom stereocenters. The molecule has 0 bridgehead atoms. The zero-order valence-electron chi connectivity index (χ0n) is 18.8. The fourth-order valence-corrected chi connectivity index (χ4v) is 4.23. The summed E-state index contributed by atoms with van der Waals surface area (Å²) in [5.74, 6) is -1.25. The number of nitrogens with one attached hydrogen (secondary N) is 1. The highest BCUT2D eigenvalue weighted by Gasteiger charge is 2.45. The number of amides is 1. The molecule has 32 heavy (non-hydrogen) atoms. The van der Waals surface area contributed by atoms with Gasteiger partial charge in [-0.05, 0) is 18.4 Å².